The van der Waals surface area contributed by atoms with Gasteiger partial charge in [0.1, 0.15) is 0 Å². The van der Waals surface area contributed by atoms with Crippen LogP contribution in [-0.4, -0.2) is 23.0 Å². The third-order valence-corrected chi connectivity index (χ3v) is 3.14. The first kappa shape index (κ1) is 14.0. The second-order valence-corrected chi connectivity index (χ2v) is 5.31. The van der Waals surface area contributed by atoms with E-state index in [0.717, 1.165) is 0 Å². The highest BCUT2D eigenvalue weighted by Gasteiger charge is 2.14. The molecule has 1 aromatic rings. The van der Waals surface area contributed by atoms with Crippen molar-refractivity contribution in [2.45, 2.75) is 12.7 Å². The number of rotatable bonds is 4. The molecule has 1 rings (SSSR count). The van der Waals surface area contributed by atoms with E-state index in [2.05, 4.69) is 0 Å². The Morgan fingerprint density at radius 3 is 2.71 bits per heavy atom. The molecule has 0 radical (unpaired) electrons. The Hall–Kier alpha value is -1.07. The van der Waals surface area contributed by atoms with Gasteiger partial charge in [0, 0.05) is 33.5 Å². The maximum absolute atomic E-state index is 11.5. The lowest BCUT2D eigenvalue weighted by atomic mass is 10.1. The maximum Gasteiger partial charge on any atom is 0.340 e. The Labute approximate surface area is 108 Å². The molecule has 0 saturated heterocycles. The number of nitrogens with two attached hydrogens (primary N) is 1. The molecule has 94 valence electrons. The van der Waals surface area contributed by atoms with Crippen LogP contribution in [0.15, 0.2) is 12.1 Å². The van der Waals surface area contributed by atoms with Gasteiger partial charge in [-0.15, -0.1) is 0 Å². The fraction of sp³-hybridized carbons (Fsp3) is 0.364. The molecule has 1 aromatic carbocycles. The number of hydrogen-bond donors (Lipinski definition) is 1. The average molecular weight is 276 g/mol. The van der Waals surface area contributed by atoms with Crippen molar-refractivity contribution in [2.75, 3.05) is 18.6 Å². The van der Waals surface area contributed by atoms with E-state index in [1.807, 2.05) is 0 Å². The number of carbonyl (C=O) groups excluding carboxylic acids is 1. The number of nitrogen functional groups attached to an aromatic ring is 1. The minimum absolute atomic E-state index is 0.238. The summed E-state index contributed by atoms with van der Waals surface area (Å²) < 4.78 is 16.0. The summed E-state index contributed by atoms with van der Waals surface area (Å²) in [6, 6.07) is 3.02. The molecule has 1 unspecified atom stereocenters. The van der Waals surface area contributed by atoms with Gasteiger partial charge in [-0.2, -0.15) is 0 Å². The quantitative estimate of drug-likeness (QED) is 0.674. The molecule has 1 atom stereocenters. The van der Waals surface area contributed by atoms with Crippen molar-refractivity contribution >= 4 is 34.1 Å². The molecule has 0 aliphatic heterocycles. The summed E-state index contributed by atoms with van der Waals surface area (Å²) in [5, 5.41) is 0.373. The fourth-order valence-corrected chi connectivity index (χ4v) is 2.34. The third-order valence-electron chi connectivity index (χ3n) is 2.07. The summed E-state index contributed by atoms with van der Waals surface area (Å²) in [6.07, 6.45) is 1.58. The Balaban J connectivity index is 3.09. The van der Waals surface area contributed by atoms with Gasteiger partial charge in [0.05, 0.1) is 12.2 Å². The van der Waals surface area contributed by atoms with Crippen molar-refractivity contribution in [3.63, 3.8) is 0 Å². The average Bonchev–Trinajstić information content (AvgIpc) is 2.22. The Morgan fingerprint density at radius 1 is 1.53 bits per heavy atom. The summed E-state index contributed by atoms with van der Waals surface area (Å²) >= 11 is 5.99. The van der Waals surface area contributed by atoms with E-state index < -0.39 is 16.8 Å². The van der Waals surface area contributed by atoms with E-state index in [0.29, 0.717) is 16.3 Å². The molecule has 0 aliphatic rings. The molecule has 0 saturated carbocycles. The standard InChI is InChI=1S/C11H14ClNO3S/c1-3-16-11(14)8-5-9(12)7(4-10(8)13)6-17(2)15/h4-5H,3,6,13H2,1-2H3. The molecule has 0 spiro atoms. The van der Waals surface area contributed by atoms with Gasteiger partial charge in [0.2, 0.25) is 0 Å². The van der Waals surface area contributed by atoms with E-state index in [-0.39, 0.29) is 17.9 Å². The monoisotopic (exact) mass is 275 g/mol. The lowest BCUT2D eigenvalue weighted by Crippen LogP contribution is -2.09. The third kappa shape index (κ3) is 3.71. The van der Waals surface area contributed by atoms with E-state index in [1.54, 1.807) is 19.2 Å². The minimum Gasteiger partial charge on any atom is -0.462 e. The van der Waals surface area contributed by atoms with Crippen molar-refractivity contribution in [2.24, 2.45) is 0 Å². The van der Waals surface area contributed by atoms with Gasteiger partial charge in [-0.1, -0.05) is 11.6 Å². The number of halogens is 1. The van der Waals surface area contributed by atoms with Crippen molar-refractivity contribution in [3.05, 3.63) is 28.3 Å². The van der Waals surface area contributed by atoms with Crippen LogP contribution in [0.4, 0.5) is 5.69 Å². The number of carbonyl (C=O) groups is 1. The largest absolute Gasteiger partial charge is 0.462 e. The zero-order valence-electron chi connectivity index (χ0n) is 9.66. The molecule has 6 heteroatoms. The van der Waals surface area contributed by atoms with Crippen LogP contribution < -0.4 is 5.73 Å². The van der Waals surface area contributed by atoms with E-state index in [4.69, 9.17) is 22.1 Å². The maximum atomic E-state index is 11.5. The van der Waals surface area contributed by atoms with Crippen LogP contribution in [-0.2, 0) is 21.3 Å². The zero-order chi connectivity index (χ0) is 13.0. The molecule has 17 heavy (non-hydrogen) atoms. The van der Waals surface area contributed by atoms with Crippen molar-refractivity contribution in [1.82, 2.24) is 0 Å². The van der Waals surface area contributed by atoms with Crippen LogP contribution in [0.3, 0.4) is 0 Å². The molecule has 0 aliphatic carbocycles. The van der Waals surface area contributed by atoms with Crippen LogP contribution in [0.1, 0.15) is 22.8 Å². The number of anilines is 1. The fourth-order valence-electron chi connectivity index (χ4n) is 1.35. The van der Waals surface area contributed by atoms with Gasteiger partial charge in [-0.25, -0.2) is 4.79 Å². The Bertz CT molecular complexity index is 462. The molecule has 2 N–H and O–H groups in total. The lowest BCUT2D eigenvalue weighted by molar-refractivity contribution is 0.0527. The van der Waals surface area contributed by atoms with Gasteiger partial charge >= 0.3 is 5.97 Å². The number of esters is 1. The molecule has 4 nitrogen and oxygen atoms in total. The predicted molar refractivity (Wildman–Crippen MR) is 69.6 cm³/mol. The van der Waals surface area contributed by atoms with Crippen molar-refractivity contribution in [3.8, 4) is 0 Å². The highest BCUT2D eigenvalue weighted by molar-refractivity contribution is 7.83. The number of benzene rings is 1. The molecular formula is C11H14ClNO3S. The van der Waals surface area contributed by atoms with Gasteiger partial charge in [-0.05, 0) is 24.6 Å². The first-order chi connectivity index (χ1) is 7.95. The van der Waals surface area contributed by atoms with Crippen LogP contribution in [0.2, 0.25) is 5.02 Å². The Kier molecular flexibility index (Phi) is 4.96. The normalized spacial score (nSPS) is 12.2. The molecule has 0 bridgehead atoms. The lowest BCUT2D eigenvalue weighted by Gasteiger charge is -2.09. The second-order valence-electron chi connectivity index (χ2n) is 3.47. The van der Waals surface area contributed by atoms with E-state index >= 15 is 0 Å². The topological polar surface area (TPSA) is 69.4 Å². The minimum atomic E-state index is -1.01. The molecule has 0 amide bonds. The molecule has 0 heterocycles. The molecule has 0 fully saturated rings. The zero-order valence-corrected chi connectivity index (χ0v) is 11.2. The van der Waals surface area contributed by atoms with Crippen LogP contribution >= 0.6 is 11.6 Å². The molecule has 0 aromatic heterocycles. The number of ether oxygens (including phenoxy) is 1. The Morgan fingerprint density at radius 2 is 2.18 bits per heavy atom. The van der Waals surface area contributed by atoms with Gasteiger partial charge in [-0.3, -0.25) is 4.21 Å². The molecular weight excluding hydrogens is 262 g/mol. The van der Waals surface area contributed by atoms with Crippen LogP contribution in [0.25, 0.3) is 0 Å². The summed E-state index contributed by atoms with van der Waals surface area (Å²) in [4.78, 5) is 11.5. The summed E-state index contributed by atoms with van der Waals surface area (Å²) in [7, 11) is -1.01. The van der Waals surface area contributed by atoms with Gasteiger partial charge in [0.25, 0.3) is 0 Å². The predicted octanol–water partition coefficient (Wildman–Crippen LogP) is 1.98. The second kappa shape index (κ2) is 6.02. The SMILES string of the molecule is CCOC(=O)c1cc(Cl)c(CS(C)=O)cc1N. The van der Waals surface area contributed by atoms with Gasteiger partial charge in [0.15, 0.2) is 0 Å². The summed E-state index contributed by atoms with van der Waals surface area (Å²) in [5.74, 6) is -0.192. The highest BCUT2D eigenvalue weighted by Crippen LogP contribution is 2.25. The highest BCUT2D eigenvalue weighted by atomic mass is 35.5. The van der Waals surface area contributed by atoms with Crippen molar-refractivity contribution < 1.29 is 13.7 Å². The first-order valence-electron chi connectivity index (χ1n) is 5.00. The number of hydrogen-bond acceptors (Lipinski definition) is 4. The smallest absolute Gasteiger partial charge is 0.340 e. The first-order valence-corrected chi connectivity index (χ1v) is 7.11. The summed E-state index contributed by atoms with van der Waals surface area (Å²) in [6.45, 7) is 1.99. The summed E-state index contributed by atoms with van der Waals surface area (Å²) in [5.41, 5.74) is 6.93. The van der Waals surface area contributed by atoms with E-state index in [1.165, 1.54) is 6.07 Å². The van der Waals surface area contributed by atoms with Crippen molar-refractivity contribution in [1.29, 1.82) is 0 Å². The van der Waals surface area contributed by atoms with Gasteiger partial charge < -0.3 is 10.5 Å². The van der Waals surface area contributed by atoms with Crippen LogP contribution in [0, 0.1) is 0 Å². The van der Waals surface area contributed by atoms with Crippen LogP contribution in [0.5, 0.6) is 0 Å². The van der Waals surface area contributed by atoms with E-state index in [9.17, 15) is 9.00 Å².